The number of nitrogens with zero attached hydrogens (tertiary/aromatic N) is 3. The van der Waals surface area contributed by atoms with E-state index in [-0.39, 0.29) is 17.0 Å². The smallest absolute Gasteiger partial charge is 0.194 e. The predicted octanol–water partition coefficient (Wildman–Crippen LogP) is 3.06. The van der Waals surface area contributed by atoms with Gasteiger partial charge in [-0.1, -0.05) is 11.8 Å². The molecule has 5 nitrogen and oxygen atoms in total. The van der Waals surface area contributed by atoms with Gasteiger partial charge in [-0.2, -0.15) is 0 Å². The number of thioether (sulfide) groups is 1. The summed E-state index contributed by atoms with van der Waals surface area (Å²) in [6, 6.07) is 2.32. The van der Waals surface area contributed by atoms with E-state index in [0.29, 0.717) is 23.1 Å². The van der Waals surface area contributed by atoms with Gasteiger partial charge < -0.3 is 10.5 Å². The van der Waals surface area contributed by atoms with Gasteiger partial charge in [-0.15, -0.1) is 0 Å². The highest BCUT2D eigenvalue weighted by Crippen LogP contribution is 2.47. The summed E-state index contributed by atoms with van der Waals surface area (Å²) in [5.74, 6) is -0.690. The second-order valence-electron chi connectivity index (χ2n) is 6.08. The molecule has 2 atom stereocenters. The van der Waals surface area contributed by atoms with Crippen LogP contribution < -0.4 is 5.73 Å². The second-order valence-corrected chi connectivity index (χ2v) is 7.12. The molecule has 2 N–H and O–H groups in total. The lowest BCUT2D eigenvalue weighted by Gasteiger charge is -2.43. The van der Waals surface area contributed by atoms with Crippen LogP contribution in [0.25, 0.3) is 11.1 Å². The predicted molar refractivity (Wildman–Crippen MR) is 91.8 cm³/mol. The third-order valence-corrected chi connectivity index (χ3v) is 5.55. The molecule has 0 amide bonds. The van der Waals surface area contributed by atoms with Crippen molar-refractivity contribution in [3.63, 3.8) is 0 Å². The quantitative estimate of drug-likeness (QED) is 0.889. The highest BCUT2D eigenvalue weighted by atomic mass is 32.2. The molecule has 130 valence electrons. The summed E-state index contributed by atoms with van der Waals surface area (Å²) in [5, 5.41) is 0.353. The summed E-state index contributed by atoms with van der Waals surface area (Å²) >= 11 is 1.44. The molecule has 0 spiro atoms. The number of benzene rings is 1. The minimum absolute atomic E-state index is 0.0154. The largest absolute Gasteiger partial charge is 0.378 e. The van der Waals surface area contributed by atoms with Crippen molar-refractivity contribution < 1.29 is 13.5 Å². The molecular weight excluding hydrogens is 346 g/mol. The number of hydrogen-bond donors (Lipinski definition) is 1. The van der Waals surface area contributed by atoms with Crippen molar-refractivity contribution in [2.24, 2.45) is 16.6 Å². The lowest BCUT2D eigenvalue weighted by Crippen LogP contribution is -2.46. The Labute approximate surface area is 147 Å². The zero-order chi connectivity index (χ0) is 17.4. The average molecular weight is 362 g/mol. The van der Waals surface area contributed by atoms with Gasteiger partial charge in [0.25, 0.3) is 0 Å². The molecule has 2 aliphatic rings. The SMILES string of the molecule is NC1=N[C@]2(c3cc(-c4cncnc4)c(F)cc3F)OCCC[C@@H]2CS1. The molecule has 0 aliphatic carbocycles. The summed E-state index contributed by atoms with van der Waals surface area (Å²) in [6.07, 6.45) is 6.06. The van der Waals surface area contributed by atoms with Gasteiger partial charge in [-0.25, -0.2) is 23.7 Å². The van der Waals surface area contributed by atoms with Gasteiger partial charge in [0.05, 0.1) is 0 Å². The normalized spacial score (nSPS) is 26.0. The third-order valence-electron chi connectivity index (χ3n) is 4.60. The van der Waals surface area contributed by atoms with Crippen molar-refractivity contribution in [3.05, 3.63) is 48.1 Å². The Bertz CT molecular complexity index is 833. The molecule has 4 rings (SSSR count). The van der Waals surface area contributed by atoms with Crippen LogP contribution in [0.5, 0.6) is 0 Å². The van der Waals surface area contributed by atoms with Crippen molar-refractivity contribution in [2.75, 3.05) is 12.4 Å². The van der Waals surface area contributed by atoms with Crippen molar-refractivity contribution in [1.29, 1.82) is 0 Å². The molecule has 1 aromatic carbocycles. The Morgan fingerprint density at radius 2 is 2.00 bits per heavy atom. The topological polar surface area (TPSA) is 73.4 Å². The Balaban J connectivity index is 1.91. The molecule has 3 heterocycles. The summed E-state index contributed by atoms with van der Waals surface area (Å²) < 4.78 is 35.1. The molecule has 0 unspecified atom stereocenters. The maximum atomic E-state index is 14.8. The molecule has 25 heavy (non-hydrogen) atoms. The number of amidine groups is 1. The minimum atomic E-state index is -1.20. The van der Waals surface area contributed by atoms with Crippen molar-refractivity contribution in [2.45, 2.75) is 18.6 Å². The Kier molecular flexibility index (Phi) is 4.16. The lowest BCUT2D eigenvalue weighted by atomic mass is 9.83. The number of rotatable bonds is 2. The Morgan fingerprint density at radius 1 is 1.20 bits per heavy atom. The van der Waals surface area contributed by atoms with Gasteiger partial charge >= 0.3 is 0 Å². The summed E-state index contributed by atoms with van der Waals surface area (Å²) in [7, 11) is 0. The van der Waals surface area contributed by atoms with Crippen LogP contribution in [0.15, 0.2) is 35.8 Å². The van der Waals surface area contributed by atoms with Crippen LogP contribution >= 0.6 is 11.8 Å². The first-order chi connectivity index (χ1) is 12.1. The maximum absolute atomic E-state index is 14.8. The number of aromatic nitrogens is 2. The summed E-state index contributed by atoms with van der Waals surface area (Å²) in [6.45, 7) is 0.457. The average Bonchev–Trinajstić information content (AvgIpc) is 2.62. The van der Waals surface area contributed by atoms with E-state index in [4.69, 9.17) is 10.5 Å². The number of aliphatic imine (C=N–C) groups is 1. The van der Waals surface area contributed by atoms with E-state index < -0.39 is 17.4 Å². The number of nitrogens with two attached hydrogens (primary N) is 1. The first-order valence-corrected chi connectivity index (χ1v) is 8.96. The van der Waals surface area contributed by atoms with Crippen molar-refractivity contribution in [3.8, 4) is 11.1 Å². The van der Waals surface area contributed by atoms with Gasteiger partial charge in [-0.05, 0) is 18.9 Å². The fraction of sp³-hybridized carbons (Fsp3) is 0.353. The Morgan fingerprint density at radius 3 is 2.80 bits per heavy atom. The van der Waals surface area contributed by atoms with Gasteiger partial charge in [-0.3, -0.25) is 0 Å². The summed E-state index contributed by atoms with van der Waals surface area (Å²) in [5.41, 5.74) is 5.60. The second kappa shape index (κ2) is 6.34. The van der Waals surface area contributed by atoms with Crippen molar-refractivity contribution >= 4 is 16.9 Å². The monoisotopic (exact) mass is 362 g/mol. The number of hydrogen-bond acceptors (Lipinski definition) is 6. The van der Waals surface area contributed by atoms with Crippen LogP contribution in [0.1, 0.15) is 18.4 Å². The van der Waals surface area contributed by atoms with E-state index >= 15 is 0 Å². The molecule has 0 radical (unpaired) electrons. The van der Waals surface area contributed by atoms with Gasteiger partial charge in [0, 0.05) is 53.4 Å². The minimum Gasteiger partial charge on any atom is -0.378 e. The lowest BCUT2D eigenvalue weighted by molar-refractivity contribution is -0.115. The van der Waals surface area contributed by atoms with E-state index in [1.54, 1.807) is 0 Å². The highest BCUT2D eigenvalue weighted by molar-refractivity contribution is 8.13. The van der Waals surface area contributed by atoms with Gasteiger partial charge in [0.2, 0.25) is 0 Å². The molecule has 1 aromatic heterocycles. The molecule has 1 fully saturated rings. The zero-order valence-electron chi connectivity index (χ0n) is 13.3. The molecule has 0 saturated carbocycles. The zero-order valence-corrected chi connectivity index (χ0v) is 14.1. The van der Waals surface area contributed by atoms with E-state index in [0.717, 1.165) is 18.9 Å². The van der Waals surface area contributed by atoms with Crippen LogP contribution in [0.2, 0.25) is 0 Å². The molecule has 8 heteroatoms. The van der Waals surface area contributed by atoms with Gasteiger partial charge in [0.15, 0.2) is 10.9 Å². The highest BCUT2D eigenvalue weighted by Gasteiger charge is 2.48. The van der Waals surface area contributed by atoms with E-state index in [2.05, 4.69) is 15.0 Å². The van der Waals surface area contributed by atoms with Gasteiger partial charge in [0.1, 0.15) is 18.0 Å². The van der Waals surface area contributed by atoms with Crippen LogP contribution in [-0.4, -0.2) is 27.5 Å². The molecule has 2 aromatic rings. The van der Waals surface area contributed by atoms with Crippen LogP contribution in [0.3, 0.4) is 0 Å². The molecule has 1 saturated heterocycles. The van der Waals surface area contributed by atoms with E-state index in [1.807, 2.05) is 0 Å². The third kappa shape index (κ3) is 2.79. The first-order valence-electron chi connectivity index (χ1n) is 7.97. The number of halogens is 2. The number of ether oxygens (including phenoxy) is 1. The van der Waals surface area contributed by atoms with Crippen molar-refractivity contribution in [1.82, 2.24) is 9.97 Å². The van der Waals surface area contributed by atoms with Crippen LogP contribution in [0, 0.1) is 17.6 Å². The fourth-order valence-electron chi connectivity index (χ4n) is 3.41. The van der Waals surface area contributed by atoms with Crippen LogP contribution in [-0.2, 0) is 10.5 Å². The summed E-state index contributed by atoms with van der Waals surface area (Å²) in [4.78, 5) is 12.3. The van der Waals surface area contributed by atoms with E-state index in [1.165, 1.54) is 36.5 Å². The standard InChI is InChI=1S/C17H16F2N4OS/c18-14-5-15(19)13(4-12(14)10-6-21-9-22-7-10)17-11(2-1-3-24-17)8-25-16(20)23-17/h4-7,9,11H,1-3,8H2,(H2,20,23)/t11-,17+/m1/s1. The molecule has 0 bridgehead atoms. The Hall–Kier alpha value is -2.06. The first kappa shape index (κ1) is 16.4. The van der Waals surface area contributed by atoms with E-state index in [9.17, 15) is 8.78 Å². The fourth-order valence-corrected chi connectivity index (χ4v) is 4.38. The maximum Gasteiger partial charge on any atom is 0.194 e. The number of fused-ring (bicyclic) bond motifs is 1. The molecular formula is C17H16F2N4OS. The van der Waals surface area contributed by atoms with Crippen LogP contribution in [0.4, 0.5) is 8.78 Å². The molecule has 2 aliphatic heterocycles.